The van der Waals surface area contributed by atoms with E-state index in [0.717, 1.165) is 29.8 Å². The van der Waals surface area contributed by atoms with E-state index in [-0.39, 0.29) is 11.3 Å². The Bertz CT molecular complexity index is 1320. The lowest BCUT2D eigenvalue weighted by Gasteiger charge is -2.33. The Balaban J connectivity index is 1.54. The van der Waals surface area contributed by atoms with Crippen molar-refractivity contribution in [2.24, 2.45) is 0 Å². The molecular formula is C27H28N4O2S. The molecule has 0 saturated carbocycles. The van der Waals surface area contributed by atoms with Crippen LogP contribution in [-0.4, -0.2) is 29.8 Å². The van der Waals surface area contributed by atoms with Crippen molar-refractivity contribution < 1.29 is 4.79 Å². The van der Waals surface area contributed by atoms with Gasteiger partial charge in [0.25, 0.3) is 5.56 Å². The van der Waals surface area contributed by atoms with E-state index in [4.69, 9.17) is 4.98 Å². The van der Waals surface area contributed by atoms with Crippen LogP contribution < -0.4 is 15.8 Å². The highest BCUT2D eigenvalue weighted by Crippen LogP contribution is 2.43. The summed E-state index contributed by atoms with van der Waals surface area (Å²) in [5.74, 6) is 0.968. The number of nitrogens with zero attached hydrogens (tertiary/aromatic N) is 2. The number of hydrogen-bond donors (Lipinski definition) is 2. The van der Waals surface area contributed by atoms with Crippen LogP contribution in [0.15, 0.2) is 69.8 Å². The van der Waals surface area contributed by atoms with Crippen molar-refractivity contribution in [2.45, 2.75) is 43.0 Å². The summed E-state index contributed by atoms with van der Waals surface area (Å²) < 4.78 is 0. The smallest absolute Gasteiger partial charge is 0.257 e. The first-order valence-electron chi connectivity index (χ1n) is 11.5. The Morgan fingerprint density at radius 2 is 1.76 bits per heavy atom. The van der Waals surface area contributed by atoms with Crippen LogP contribution in [-0.2, 0) is 10.5 Å². The number of carbonyl (C=O) groups is 1. The van der Waals surface area contributed by atoms with Crippen molar-refractivity contribution >= 4 is 29.1 Å². The van der Waals surface area contributed by atoms with Crippen LogP contribution in [0.2, 0.25) is 0 Å². The summed E-state index contributed by atoms with van der Waals surface area (Å²) in [6.07, 6.45) is 2.11. The molecule has 2 aromatic carbocycles. The predicted octanol–water partition coefficient (Wildman–Crippen LogP) is 5.00. The van der Waals surface area contributed by atoms with Gasteiger partial charge in [-0.1, -0.05) is 53.7 Å². The second-order valence-corrected chi connectivity index (χ2v) is 10.1. The molecule has 0 spiro atoms. The van der Waals surface area contributed by atoms with Gasteiger partial charge in [0, 0.05) is 49.1 Å². The lowest BCUT2D eigenvalue weighted by atomic mass is 9.76. The van der Waals surface area contributed by atoms with E-state index < -0.39 is 5.92 Å². The van der Waals surface area contributed by atoms with Gasteiger partial charge in [0.2, 0.25) is 0 Å². The van der Waals surface area contributed by atoms with Gasteiger partial charge in [-0.3, -0.25) is 9.59 Å². The summed E-state index contributed by atoms with van der Waals surface area (Å²) in [5.41, 5.74) is 6.32. The average molecular weight is 473 g/mol. The molecule has 6 nitrogen and oxygen atoms in total. The van der Waals surface area contributed by atoms with Gasteiger partial charge in [-0.2, -0.15) is 0 Å². The molecule has 0 saturated heterocycles. The third kappa shape index (κ3) is 4.28. The molecule has 34 heavy (non-hydrogen) atoms. The fourth-order valence-corrected chi connectivity index (χ4v) is 5.46. The minimum atomic E-state index is -0.414. The van der Waals surface area contributed by atoms with Gasteiger partial charge >= 0.3 is 0 Å². The highest BCUT2D eigenvalue weighted by atomic mass is 32.2. The zero-order valence-electron chi connectivity index (χ0n) is 19.6. The van der Waals surface area contributed by atoms with Crippen molar-refractivity contribution in [2.75, 3.05) is 24.3 Å². The second-order valence-electron chi connectivity index (χ2n) is 9.12. The van der Waals surface area contributed by atoms with Crippen LogP contribution in [0, 0.1) is 6.92 Å². The summed E-state index contributed by atoms with van der Waals surface area (Å²) >= 11 is 1.50. The molecule has 1 atom stereocenters. The molecule has 2 aliphatic rings. The topological polar surface area (TPSA) is 78.1 Å². The second kappa shape index (κ2) is 9.14. The monoisotopic (exact) mass is 472 g/mol. The van der Waals surface area contributed by atoms with Gasteiger partial charge in [0.1, 0.15) is 5.82 Å². The van der Waals surface area contributed by atoms with Gasteiger partial charge in [0.05, 0.1) is 5.56 Å². The SMILES string of the molecule is Cc1ccc(CSc2nc3c(c(=O)[nH]2)C(c2ccc(N(C)C)cc2)C2=C(CCCC2=O)N3)cc1. The number of hydrogen-bond acceptors (Lipinski definition) is 6. The Morgan fingerprint density at radius 1 is 1.03 bits per heavy atom. The summed E-state index contributed by atoms with van der Waals surface area (Å²) in [6.45, 7) is 2.06. The molecular weight excluding hydrogens is 444 g/mol. The first-order chi connectivity index (χ1) is 16.4. The number of benzene rings is 2. The van der Waals surface area contributed by atoms with Gasteiger partial charge in [-0.25, -0.2) is 4.98 Å². The van der Waals surface area contributed by atoms with Gasteiger partial charge < -0.3 is 15.2 Å². The van der Waals surface area contributed by atoms with Gasteiger partial charge in [-0.05, 0) is 43.0 Å². The van der Waals surface area contributed by atoms with Crippen LogP contribution in [0.25, 0.3) is 0 Å². The van der Waals surface area contributed by atoms with E-state index in [9.17, 15) is 9.59 Å². The summed E-state index contributed by atoms with van der Waals surface area (Å²) in [4.78, 5) is 36.2. The number of allylic oxidation sites excluding steroid dienone is 2. The third-order valence-electron chi connectivity index (χ3n) is 6.48. The third-order valence-corrected chi connectivity index (χ3v) is 7.42. The first kappa shape index (κ1) is 22.5. The molecule has 1 aromatic heterocycles. The van der Waals surface area contributed by atoms with Gasteiger partial charge in [-0.15, -0.1) is 0 Å². The van der Waals surface area contributed by atoms with Crippen LogP contribution in [0.1, 0.15) is 47.4 Å². The lowest BCUT2D eigenvalue weighted by molar-refractivity contribution is -0.116. The lowest BCUT2D eigenvalue weighted by Crippen LogP contribution is -2.32. The number of aryl methyl sites for hydroxylation is 1. The van der Waals surface area contributed by atoms with Crippen molar-refractivity contribution in [3.8, 4) is 0 Å². The maximum atomic E-state index is 13.4. The number of ketones is 1. The van der Waals surface area contributed by atoms with Gasteiger partial charge in [0.15, 0.2) is 10.9 Å². The minimum absolute atomic E-state index is 0.110. The molecule has 0 bridgehead atoms. The van der Waals surface area contributed by atoms with E-state index in [1.54, 1.807) is 0 Å². The predicted molar refractivity (Wildman–Crippen MR) is 138 cm³/mol. The largest absolute Gasteiger partial charge is 0.378 e. The number of fused-ring (bicyclic) bond motifs is 1. The molecule has 1 aliphatic carbocycles. The van der Waals surface area contributed by atoms with Crippen LogP contribution in [0.5, 0.6) is 0 Å². The number of aromatic amines is 1. The quantitative estimate of drug-likeness (QED) is 0.402. The van der Waals surface area contributed by atoms with E-state index in [0.29, 0.717) is 34.3 Å². The summed E-state index contributed by atoms with van der Waals surface area (Å²) in [5, 5.41) is 3.93. The summed E-state index contributed by atoms with van der Waals surface area (Å²) in [6, 6.07) is 16.4. The zero-order valence-corrected chi connectivity index (χ0v) is 20.5. The molecule has 1 aliphatic heterocycles. The Labute approximate surface area is 203 Å². The number of H-pyrrole nitrogens is 1. The first-order valence-corrected chi connectivity index (χ1v) is 12.5. The number of anilines is 2. The van der Waals surface area contributed by atoms with Crippen molar-refractivity contribution in [3.63, 3.8) is 0 Å². The van der Waals surface area contributed by atoms with E-state index in [2.05, 4.69) is 41.5 Å². The van der Waals surface area contributed by atoms with Crippen molar-refractivity contribution in [1.29, 1.82) is 0 Å². The Morgan fingerprint density at radius 3 is 2.47 bits per heavy atom. The highest BCUT2D eigenvalue weighted by molar-refractivity contribution is 7.98. The van der Waals surface area contributed by atoms with E-state index in [1.165, 1.54) is 22.9 Å². The van der Waals surface area contributed by atoms with E-state index >= 15 is 0 Å². The molecule has 1 unspecified atom stereocenters. The fourth-order valence-electron chi connectivity index (χ4n) is 4.64. The molecule has 0 fully saturated rings. The molecule has 2 heterocycles. The normalized spacial score (nSPS) is 17.1. The maximum absolute atomic E-state index is 13.4. The van der Waals surface area contributed by atoms with Crippen molar-refractivity contribution in [3.05, 3.63) is 92.4 Å². The number of aromatic nitrogens is 2. The van der Waals surface area contributed by atoms with Crippen molar-refractivity contribution in [1.82, 2.24) is 9.97 Å². The Kier molecular flexibility index (Phi) is 6.04. The van der Waals surface area contributed by atoms with E-state index in [1.807, 2.05) is 43.3 Å². The zero-order chi connectivity index (χ0) is 23.8. The summed E-state index contributed by atoms with van der Waals surface area (Å²) in [7, 11) is 3.98. The standard InChI is InChI=1S/C27H28N4O2S/c1-16-7-9-17(10-8-16)15-34-27-29-25-24(26(33)30-27)22(18-11-13-19(14-12-18)31(2)3)23-20(28-25)5-4-6-21(23)32/h7-14,22H,4-6,15H2,1-3H3,(H2,28,29,30,33). The number of thioether (sulfide) groups is 1. The van der Waals surface area contributed by atoms with Crippen LogP contribution in [0.4, 0.5) is 11.5 Å². The van der Waals surface area contributed by atoms with Crippen LogP contribution in [0.3, 0.4) is 0 Å². The molecule has 5 rings (SSSR count). The maximum Gasteiger partial charge on any atom is 0.257 e. The molecule has 2 N–H and O–H groups in total. The molecule has 0 amide bonds. The molecule has 174 valence electrons. The highest BCUT2D eigenvalue weighted by Gasteiger charge is 2.37. The molecule has 3 aromatic rings. The number of nitrogens with one attached hydrogen (secondary N) is 2. The molecule has 7 heteroatoms. The minimum Gasteiger partial charge on any atom is -0.378 e. The van der Waals surface area contributed by atoms with Crippen LogP contribution >= 0.6 is 11.8 Å². The Hall–Kier alpha value is -3.32. The number of Topliss-reactive ketones (excluding diaryl/α,β-unsaturated/α-hetero) is 1. The fraction of sp³-hybridized carbons (Fsp3) is 0.296. The molecule has 0 radical (unpaired) electrons. The number of carbonyl (C=O) groups excluding carboxylic acids is 1. The number of rotatable bonds is 5. The average Bonchev–Trinajstić information content (AvgIpc) is 2.82.